The van der Waals surface area contributed by atoms with E-state index in [1.807, 2.05) is 6.07 Å². The minimum Gasteiger partial charge on any atom is -0.496 e. The molecule has 2 atom stereocenters. The second kappa shape index (κ2) is 9.09. The van der Waals surface area contributed by atoms with Crippen molar-refractivity contribution in [2.45, 2.75) is 32.0 Å². The lowest BCUT2D eigenvalue weighted by atomic mass is 9.99. The highest BCUT2D eigenvalue weighted by Gasteiger charge is 2.40. The third kappa shape index (κ3) is 4.97. The molecule has 0 spiro atoms. The van der Waals surface area contributed by atoms with Gasteiger partial charge in [0.1, 0.15) is 5.75 Å². The molecule has 1 aliphatic carbocycles. The number of hydrogen-bond acceptors (Lipinski definition) is 4. The summed E-state index contributed by atoms with van der Waals surface area (Å²) in [5, 5.41) is 0. The van der Waals surface area contributed by atoms with E-state index >= 15 is 0 Å². The number of nitrogens with two attached hydrogens (primary N) is 1. The largest absolute Gasteiger partial charge is 0.496 e. The summed E-state index contributed by atoms with van der Waals surface area (Å²) < 4.78 is 10.6. The molecule has 2 fully saturated rings. The topological polar surface area (TPSA) is 47.7 Å². The molecular weight excluding hydrogens is 335 g/mol. The lowest BCUT2D eigenvalue weighted by molar-refractivity contribution is 0.181. The van der Waals surface area contributed by atoms with Crippen LogP contribution in [0.3, 0.4) is 0 Å². The van der Waals surface area contributed by atoms with E-state index in [1.165, 1.54) is 18.4 Å². The quantitative estimate of drug-likeness (QED) is 0.844. The van der Waals surface area contributed by atoms with E-state index in [0.29, 0.717) is 18.6 Å². The smallest absolute Gasteiger partial charge is 0.124 e. The summed E-state index contributed by atoms with van der Waals surface area (Å²) in [7, 11) is 3.42. The molecule has 1 aromatic carbocycles. The second-order valence-corrected chi connectivity index (χ2v) is 6.44. The molecule has 0 bridgehead atoms. The molecule has 1 aliphatic heterocycles. The number of ether oxygens (including phenoxy) is 2. The van der Waals surface area contributed by atoms with Gasteiger partial charge in [0.05, 0.1) is 13.7 Å². The van der Waals surface area contributed by atoms with E-state index in [2.05, 4.69) is 17.0 Å². The Morgan fingerprint density at radius 2 is 1.91 bits per heavy atom. The van der Waals surface area contributed by atoms with Gasteiger partial charge < -0.3 is 15.2 Å². The van der Waals surface area contributed by atoms with E-state index in [4.69, 9.17) is 15.2 Å². The van der Waals surface area contributed by atoms with E-state index in [9.17, 15) is 0 Å². The van der Waals surface area contributed by atoms with Crippen LogP contribution < -0.4 is 10.5 Å². The molecule has 2 N–H and O–H groups in total. The van der Waals surface area contributed by atoms with Crippen molar-refractivity contribution in [3.8, 4) is 5.75 Å². The summed E-state index contributed by atoms with van der Waals surface area (Å²) in [4.78, 5) is 2.49. The minimum absolute atomic E-state index is 0. The van der Waals surface area contributed by atoms with Crippen LogP contribution >= 0.6 is 24.8 Å². The summed E-state index contributed by atoms with van der Waals surface area (Å²) in [5.74, 6) is 2.50. The Morgan fingerprint density at radius 1 is 1.17 bits per heavy atom. The SMILES string of the molecule is COCc1cc(CN2C[C@H](C3CC3)[C@@H](N)C2)ccc1OC.Cl.Cl. The van der Waals surface area contributed by atoms with Crippen LogP contribution in [-0.4, -0.2) is 38.3 Å². The van der Waals surface area contributed by atoms with E-state index in [1.54, 1.807) is 14.2 Å². The second-order valence-electron chi connectivity index (χ2n) is 6.44. The summed E-state index contributed by atoms with van der Waals surface area (Å²) in [6.07, 6.45) is 2.76. The van der Waals surface area contributed by atoms with Gasteiger partial charge in [0.25, 0.3) is 0 Å². The van der Waals surface area contributed by atoms with Crippen LogP contribution in [0.15, 0.2) is 18.2 Å². The third-order valence-electron chi connectivity index (χ3n) is 4.77. The number of nitrogens with zero attached hydrogens (tertiary/aromatic N) is 1. The minimum atomic E-state index is 0. The highest BCUT2D eigenvalue weighted by molar-refractivity contribution is 5.85. The van der Waals surface area contributed by atoms with E-state index in [-0.39, 0.29) is 24.8 Å². The fourth-order valence-corrected chi connectivity index (χ4v) is 3.55. The zero-order chi connectivity index (χ0) is 14.8. The first-order valence-corrected chi connectivity index (χ1v) is 7.84. The zero-order valence-electron chi connectivity index (χ0n) is 13.9. The maximum Gasteiger partial charge on any atom is 0.124 e. The van der Waals surface area contributed by atoms with Gasteiger partial charge in [0, 0.05) is 38.3 Å². The number of benzene rings is 1. The Hall–Kier alpha value is -0.520. The molecule has 0 aromatic heterocycles. The highest BCUT2D eigenvalue weighted by atomic mass is 35.5. The van der Waals surface area contributed by atoms with Gasteiger partial charge in [-0.3, -0.25) is 4.90 Å². The van der Waals surface area contributed by atoms with Crippen LogP contribution in [0, 0.1) is 11.8 Å². The van der Waals surface area contributed by atoms with Crippen LogP contribution in [0.4, 0.5) is 0 Å². The number of halogens is 2. The molecule has 23 heavy (non-hydrogen) atoms. The van der Waals surface area contributed by atoms with Crippen molar-refractivity contribution >= 4 is 24.8 Å². The molecular formula is C17H28Cl2N2O2. The van der Waals surface area contributed by atoms with Crippen molar-refractivity contribution in [2.24, 2.45) is 17.6 Å². The van der Waals surface area contributed by atoms with Crippen molar-refractivity contribution in [3.05, 3.63) is 29.3 Å². The van der Waals surface area contributed by atoms with Gasteiger partial charge in [0.2, 0.25) is 0 Å². The van der Waals surface area contributed by atoms with Gasteiger partial charge in [-0.05, 0) is 42.4 Å². The highest BCUT2D eigenvalue weighted by Crippen LogP contribution is 2.41. The lowest BCUT2D eigenvalue weighted by Crippen LogP contribution is -2.30. The molecule has 1 saturated carbocycles. The third-order valence-corrected chi connectivity index (χ3v) is 4.77. The molecule has 1 saturated heterocycles. The van der Waals surface area contributed by atoms with Crippen LogP contribution in [-0.2, 0) is 17.9 Å². The average Bonchev–Trinajstić information content (AvgIpc) is 3.24. The van der Waals surface area contributed by atoms with Crippen LogP contribution in [0.1, 0.15) is 24.0 Å². The Morgan fingerprint density at radius 3 is 2.52 bits per heavy atom. The van der Waals surface area contributed by atoms with Gasteiger partial charge in [-0.25, -0.2) is 0 Å². The summed E-state index contributed by atoms with van der Waals surface area (Å²) in [6.45, 7) is 3.73. The van der Waals surface area contributed by atoms with Crippen LogP contribution in [0.2, 0.25) is 0 Å². The maximum absolute atomic E-state index is 6.31. The van der Waals surface area contributed by atoms with Crippen molar-refractivity contribution in [1.82, 2.24) is 4.90 Å². The molecule has 0 amide bonds. The van der Waals surface area contributed by atoms with Crippen LogP contribution in [0.5, 0.6) is 5.75 Å². The predicted molar refractivity (Wildman–Crippen MR) is 97.7 cm³/mol. The molecule has 132 valence electrons. The molecule has 1 heterocycles. The standard InChI is InChI=1S/C17H26N2O2.2ClH/c1-20-11-14-7-12(3-6-17(14)21-2)8-19-9-15(13-4-5-13)16(18)10-19;;/h3,6-7,13,15-16H,4-5,8-11,18H2,1-2H3;2*1H/t15-,16+;;/m1../s1. The lowest BCUT2D eigenvalue weighted by Gasteiger charge is -2.17. The van der Waals surface area contributed by atoms with Crippen molar-refractivity contribution in [2.75, 3.05) is 27.3 Å². The Bertz CT molecular complexity index is 497. The fourth-order valence-electron chi connectivity index (χ4n) is 3.55. The Kier molecular flexibility index (Phi) is 8.11. The van der Waals surface area contributed by atoms with Crippen molar-refractivity contribution in [1.29, 1.82) is 0 Å². The Labute approximate surface area is 151 Å². The first kappa shape index (κ1) is 20.5. The Balaban J connectivity index is 0.00000132. The molecule has 1 aromatic rings. The van der Waals surface area contributed by atoms with Gasteiger partial charge in [-0.15, -0.1) is 24.8 Å². The average molecular weight is 363 g/mol. The number of likely N-dealkylation sites (tertiary alicyclic amines) is 1. The first-order valence-electron chi connectivity index (χ1n) is 7.84. The van der Waals surface area contributed by atoms with E-state index < -0.39 is 0 Å². The normalized spacial score (nSPS) is 24.0. The summed E-state index contributed by atoms with van der Waals surface area (Å²) >= 11 is 0. The maximum atomic E-state index is 6.31. The number of rotatable bonds is 6. The van der Waals surface area contributed by atoms with Crippen LogP contribution in [0.25, 0.3) is 0 Å². The number of hydrogen-bond donors (Lipinski definition) is 1. The van der Waals surface area contributed by atoms with Gasteiger partial charge in [-0.1, -0.05) is 6.07 Å². The molecule has 4 nitrogen and oxygen atoms in total. The first-order chi connectivity index (χ1) is 10.2. The summed E-state index contributed by atoms with van der Waals surface area (Å²) in [5.41, 5.74) is 8.73. The van der Waals surface area contributed by atoms with E-state index in [0.717, 1.165) is 36.9 Å². The monoisotopic (exact) mass is 362 g/mol. The molecule has 0 radical (unpaired) electrons. The van der Waals surface area contributed by atoms with Gasteiger partial charge in [-0.2, -0.15) is 0 Å². The molecule has 6 heteroatoms. The van der Waals surface area contributed by atoms with Gasteiger partial charge >= 0.3 is 0 Å². The predicted octanol–water partition coefficient (Wildman–Crippen LogP) is 2.85. The molecule has 0 unspecified atom stereocenters. The molecule has 2 aliphatic rings. The van der Waals surface area contributed by atoms with Gasteiger partial charge in [0.15, 0.2) is 0 Å². The summed E-state index contributed by atoms with van der Waals surface area (Å²) in [6, 6.07) is 6.74. The van der Waals surface area contributed by atoms with Crippen molar-refractivity contribution in [3.63, 3.8) is 0 Å². The molecule has 3 rings (SSSR count). The number of methoxy groups -OCH3 is 2. The van der Waals surface area contributed by atoms with Crippen molar-refractivity contribution < 1.29 is 9.47 Å². The fraction of sp³-hybridized carbons (Fsp3) is 0.647. The zero-order valence-corrected chi connectivity index (χ0v) is 15.5.